The van der Waals surface area contributed by atoms with Crippen LogP contribution in [0.25, 0.3) is 10.9 Å². The maximum atomic E-state index is 11.3. The summed E-state index contributed by atoms with van der Waals surface area (Å²) in [6.07, 6.45) is 2.83. The Morgan fingerprint density at radius 2 is 1.83 bits per heavy atom. The second-order valence-corrected chi connectivity index (χ2v) is 7.33. The molecule has 6 heteroatoms. The van der Waals surface area contributed by atoms with E-state index in [0.29, 0.717) is 18.8 Å². The van der Waals surface area contributed by atoms with Crippen molar-refractivity contribution in [3.63, 3.8) is 0 Å². The number of hydrogen-bond acceptors (Lipinski definition) is 6. The molecule has 2 aromatic carbocycles. The van der Waals surface area contributed by atoms with Crippen molar-refractivity contribution >= 4 is 23.0 Å². The molecule has 30 heavy (non-hydrogen) atoms. The molecule has 4 rings (SSSR count). The van der Waals surface area contributed by atoms with E-state index in [1.54, 1.807) is 13.2 Å². The third kappa shape index (κ3) is 4.71. The second kappa shape index (κ2) is 9.59. The Morgan fingerprint density at radius 1 is 1.03 bits per heavy atom. The van der Waals surface area contributed by atoms with Crippen LogP contribution in [0.3, 0.4) is 0 Å². The SMILES string of the molecule is COCCOc1cccc(OC2CCN(c3ccc4cccc(C=O)c4n3)CC2)c1. The highest BCUT2D eigenvalue weighted by Crippen LogP contribution is 2.26. The summed E-state index contributed by atoms with van der Waals surface area (Å²) in [5.74, 6) is 2.51. The zero-order valence-electron chi connectivity index (χ0n) is 17.1. The normalized spacial score (nSPS) is 14.6. The molecule has 1 fully saturated rings. The number of hydrogen-bond donors (Lipinski definition) is 0. The first-order valence-electron chi connectivity index (χ1n) is 10.2. The third-order valence-electron chi connectivity index (χ3n) is 5.29. The minimum Gasteiger partial charge on any atom is -0.491 e. The van der Waals surface area contributed by atoms with E-state index in [2.05, 4.69) is 4.90 Å². The van der Waals surface area contributed by atoms with Gasteiger partial charge in [-0.15, -0.1) is 0 Å². The van der Waals surface area contributed by atoms with Gasteiger partial charge in [-0.3, -0.25) is 4.79 Å². The molecule has 1 saturated heterocycles. The van der Waals surface area contributed by atoms with Crippen molar-refractivity contribution in [2.24, 2.45) is 0 Å². The van der Waals surface area contributed by atoms with Crippen molar-refractivity contribution in [3.05, 3.63) is 60.2 Å². The molecule has 0 radical (unpaired) electrons. The van der Waals surface area contributed by atoms with Crippen molar-refractivity contribution in [2.45, 2.75) is 18.9 Å². The molecule has 3 aromatic rings. The molecule has 6 nitrogen and oxygen atoms in total. The molecule has 0 bridgehead atoms. The van der Waals surface area contributed by atoms with Crippen LogP contribution in [0.15, 0.2) is 54.6 Å². The molecule has 0 atom stereocenters. The lowest BCUT2D eigenvalue weighted by Gasteiger charge is -2.33. The molecule has 0 amide bonds. The monoisotopic (exact) mass is 406 g/mol. The fourth-order valence-corrected chi connectivity index (χ4v) is 3.71. The van der Waals surface area contributed by atoms with Gasteiger partial charge in [0.2, 0.25) is 0 Å². The Labute approximate surface area is 176 Å². The van der Waals surface area contributed by atoms with Crippen molar-refractivity contribution in [1.29, 1.82) is 0 Å². The molecule has 2 heterocycles. The first kappa shape index (κ1) is 20.2. The van der Waals surface area contributed by atoms with E-state index < -0.39 is 0 Å². The summed E-state index contributed by atoms with van der Waals surface area (Å²) >= 11 is 0. The predicted octanol–water partition coefficient (Wildman–Crippen LogP) is 4.12. The maximum absolute atomic E-state index is 11.3. The van der Waals surface area contributed by atoms with Crippen LogP contribution in [-0.4, -0.2) is 50.8 Å². The first-order chi connectivity index (χ1) is 14.8. The lowest BCUT2D eigenvalue weighted by atomic mass is 10.1. The Kier molecular flexibility index (Phi) is 6.44. The zero-order valence-corrected chi connectivity index (χ0v) is 17.1. The van der Waals surface area contributed by atoms with Crippen molar-refractivity contribution in [3.8, 4) is 11.5 Å². The van der Waals surface area contributed by atoms with Gasteiger partial charge in [-0.1, -0.05) is 18.2 Å². The van der Waals surface area contributed by atoms with E-state index in [1.807, 2.05) is 48.5 Å². The van der Waals surface area contributed by atoms with E-state index in [1.165, 1.54) is 0 Å². The molecule has 0 spiro atoms. The van der Waals surface area contributed by atoms with Gasteiger partial charge in [-0.25, -0.2) is 4.98 Å². The van der Waals surface area contributed by atoms with E-state index >= 15 is 0 Å². The Balaban J connectivity index is 1.37. The summed E-state index contributed by atoms with van der Waals surface area (Å²) in [4.78, 5) is 18.3. The van der Waals surface area contributed by atoms with Gasteiger partial charge in [0.25, 0.3) is 0 Å². The average Bonchev–Trinajstić information content (AvgIpc) is 2.79. The number of methoxy groups -OCH3 is 1. The van der Waals surface area contributed by atoms with E-state index in [0.717, 1.165) is 60.4 Å². The van der Waals surface area contributed by atoms with E-state index in [9.17, 15) is 4.79 Å². The van der Waals surface area contributed by atoms with E-state index in [-0.39, 0.29) is 6.10 Å². The number of fused-ring (bicyclic) bond motifs is 1. The molecule has 0 N–H and O–H groups in total. The summed E-state index contributed by atoms with van der Waals surface area (Å²) in [6, 6.07) is 17.5. The van der Waals surface area contributed by atoms with Gasteiger partial charge < -0.3 is 19.1 Å². The van der Waals surface area contributed by atoms with Gasteiger partial charge in [0, 0.05) is 50.1 Å². The molecular weight excluding hydrogens is 380 g/mol. The van der Waals surface area contributed by atoms with Crippen LogP contribution in [-0.2, 0) is 4.74 Å². The number of ether oxygens (including phenoxy) is 3. The summed E-state index contributed by atoms with van der Waals surface area (Å²) in [7, 11) is 1.66. The number of anilines is 1. The van der Waals surface area contributed by atoms with Gasteiger partial charge in [0.05, 0.1) is 12.1 Å². The number of piperidine rings is 1. The summed E-state index contributed by atoms with van der Waals surface area (Å²) in [5, 5.41) is 0.981. The molecule has 0 unspecified atom stereocenters. The standard InChI is InChI=1S/C24H26N2O4/c1-28-14-15-29-21-6-3-7-22(16-21)30-20-10-12-26(13-11-20)23-9-8-18-4-2-5-19(17-27)24(18)25-23/h2-9,16-17,20H,10-15H2,1H3. The number of aldehydes is 1. The number of rotatable bonds is 8. The molecule has 1 aliphatic rings. The highest BCUT2D eigenvalue weighted by molar-refractivity contribution is 5.96. The fraction of sp³-hybridized carbons (Fsp3) is 0.333. The summed E-state index contributed by atoms with van der Waals surface area (Å²) in [5.41, 5.74) is 1.38. The number of carbonyl (C=O) groups is 1. The largest absolute Gasteiger partial charge is 0.491 e. The third-order valence-corrected chi connectivity index (χ3v) is 5.29. The number of aromatic nitrogens is 1. The number of benzene rings is 2. The minimum atomic E-state index is 0.154. The van der Waals surface area contributed by atoms with Gasteiger partial charge in [-0.2, -0.15) is 0 Å². The van der Waals surface area contributed by atoms with Crippen LogP contribution in [0.4, 0.5) is 5.82 Å². The number of carbonyl (C=O) groups excluding carboxylic acids is 1. The van der Waals surface area contributed by atoms with Crippen LogP contribution >= 0.6 is 0 Å². The summed E-state index contributed by atoms with van der Waals surface area (Å²) in [6.45, 7) is 2.79. The molecule has 0 saturated carbocycles. The first-order valence-corrected chi connectivity index (χ1v) is 10.2. The maximum Gasteiger partial charge on any atom is 0.152 e. The molecule has 1 aromatic heterocycles. The van der Waals surface area contributed by atoms with Crippen molar-refractivity contribution in [1.82, 2.24) is 4.98 Å². The second-order valence-electron chi connectivity index (χ2n) is 7.33. The predicted molar refractivity (Wildman–Crippen MR) is 117 cm³/mol. The minimum absolute atomic E-state index is 0.154. The van der Waals surface area contributed by atoms with Crippen LogP contribution in [0.1, 0.15) is 23.2 Å². The van der Waals surface area contributed by atoms with Crippen LogP contribution in [0.5, 0.6) is 11.5 Å². The quantitative estimate of drug-likeness (QED) is 0.414. The Hall–Kier alpha value is -3.12. The fourth-order valence-electron chi connectivity index (χ4n) is 3.71. The highest BCUT2D eigenvalue weighted by atomic mass is 16.5. The number of nitrogens with zero attached hydrogens (tertiary/aromatic N) is 2. The van der Waals surface area contributed by atoms with E-state index in [4.69, 9.17) is 19.2 Å². The number of para-hydroxylation sites is 1. The molecule has 0 aliphatic carbocycles. The molecule has 1 aliphatic heterocycles. The van der Waals surface area contributed by atoms with Gasteiger partial charge in [-0.05, 0) is 30.3 Å². The van der Waals surface area contributed by atoms with Gasteiger partial charge in [0.15, 0.2) is 6.29 Å². The highest BCUT2D eigenvalue weighted by Gasteiger charge is 2.22. The average molecular weight is 406 g/mol. The summed E-state index contributed by atoms with van der Waals surface area (Å²) < 4.78 is 16.9. The topological polar surface area (TPSA) is 60.9 Å². The molecule has 156 valence electrons. The number of pyridine rings is 1. The lowest BCUT2D eigenvalue weighted by Crippen LogP contribution is -2.38. The van der Waals surface area contributed by atoms with Crippen LogP contribution < -0.4 is 14.4 Å². The lowest BCUT2D eigenvalue weighted by molar-refractivity contribution is 0.112. The Bertz CT molecular complexity index is 999. The van der Waals surface area contributed by atoms with Crippen LogP contribution in [0, 0.1) is 0 Å². The zero-order chi connectivity index (χ0) is 20.8. The van der Waals surface area contributed by atoms with Gasteiger partial charge >= 0.3 is 0 Å². The Morgan fingerprint density at radius 3 is 2.63 bits per heavy atom. The van der Waals surface area contributed by atoms with Gasteiger partial charge in [0.1, 0.15) is 30.0 Å². The molecular formula is C24H26N2O4. The smallest absolute Gasteiger partial charge is 0.152 e. The van der Waals surface area contributed by atoms with Crippen LogP contribution in [0.2, 0.25) is 0 Å². The van der Waals surface area contributed by atoms with Crippen molar-refractivity contribution < 1.29 is 19.0 Å². The van der Waals surface area contributed by atoms with Crippen molar-refractivity contribution in [2.75, 3.05) is 38.3 Å².